The van der Waals surface area contributed by atoms with E-state index in [0.717, 1.165) is 36.9 Å². The first-order valence-electron chi connectivity index (χ1n) is 9.57. The Labute approximate surface area is 173 Å². The molecule has 4 rings (SSSR count). The van der Waals surface area contributed by atoms with Gasteiger partial charge in [0.1, 0.15) is 0 Å². The van der Waals surface area contributed by atoms with Crippen molar-refractivity contribution in [3.05, 3.63) is 65.3 Å². The fraction of sp³-hybridized carbons (Fsp3) is 0.208. The molecule has 4 aromatic rings. The van der Waals surface area contributed by atoms with Gasteiger partial charge >= 0.3 is 5.97 Å². The third-order valence-corrected chi connectivity index (χ3v) is 6.21. The second kappa shape index (κ2) is 8.02. The van der Waals surface area contributed by atoms with Gasteiger partial charge in [-0.05, 0) is 36.4 Å². The van der Waals surface area contributed by atoms with Crippen LogP contribution in [0, 0.1) is 17.2 Å². The molecule has 29 heavy (non-hydrogen) atoms. The number of aromatic nitrogens is 1. The maximum Gasteiger partial charge on any atom is 0.309 e. The molecule has 0 aliphatic rings. The number of benzene rings is 2. The molecule has 1 atom stereocenters. The number of nitriles is 1. The molecule has 0 saturated carbocycles. The van der Waals surface area contributed by atoms with Crippen LogP contribution in [0.2, 0.25) is 0 Å². The average molecular weight is 401 g/mol. The van der Waals surface area contributed by atoms with Crippen molar-refractivity contribution < 1.29 is 9.53 Å². The highest BCUT2D eigenvalue weighted by molar-refractivity contribution is 7.19. The van der Waals surface area contributed by atoms with Crippen molar-refractivity contribution >= 4 is 38.2 Å². The fourth-order valence-electron chi connectivity index (χ4n) is 3.61. The first-order valence-corrected chi connectivity index (χ1v) is 10.4. The smallest absolute Gasteiger partial charge is 0.309 e. The van der Waals surface area contributed by atoms with Gasteiger partial charge in [0.05, 0.1) is 24.2 Å². The summed E-state index contributed by atoms with van der Waals surface area (Å²) in [6.45, 7) is 4.12. The van der Waals surface area contributed by atoms with E-state index in [4.69, 9.17) is 4.74 Å². The lowest BCUT2D eigenvalue weighted by atomic mass is 9.96. The Balaban J connectivity index is 1.80. The van der Waals surface area contributed by atoms with E-state index < -0.39 is 0 Å². The van der Waals surface area contributed by atoms with Gasteiger partial charge in [-0.3, -0.25) is 9.78 Å². The summed E-state index contributed by atoms with van der Waals surface area (Å²) < 4.78 is 6.28. The van der Waals surface area contributed by atoms with Gasteiger partial charge in [-0.2, -0.15) is 5.26 Å². The monoisotopic (exact) mass is 400 g/mol. The minimum atomic E-state index is -0.185. The minimum absolute atomic E-state index is 0.165. The van der Waals surface area contributed by atoms with Crippen molar-refractivity contribution in [3.63, 3.8) is 0 Å². The number of pyridine rings is 1. The molecule has 0 radical (unpaired) electrons. The van der Waals surface area contributed by atoms with Crippen molar-refractivity contribution in [2.75, 3.05) is 6.61 Å². The van der Waals surface area contributed by atoms with E-state index in [2.05, 4.69) is 17.1 Å². The highest BCUT2D eigenvalue weighted by Crippen LogP contribution is 2.38. The number of ether oxygens (including phenoxy) is 1. The van der Waals surface area contributed by atoms with Crippen LogP contribution in [0.3, 0.4) is 0 Å². The molecule has 144 valence electrons. The maximum absolute atomic E-state index is 12.0. The number of rotatable bonds is 5. The van der Waals surface area contributed by atoms with Crippen LogP contribution in [0.1, 0.15) is 24.3 Å². The molecule has 0 spiro atoms. The molecular weight excluding hydrogens is 380 g/mol. The number of carbonyl (C=O) groups is 1. The first kappa shape index (κ1) is 19.1. The number of fused-ring (bicyclic) bond motifs is 2. The Hall–Kier alpha value is -3.23. The molecule has 0 bridgehead atoms. The summed E-state index contributed by atoms with van der Waals surface area (Å²) in [6, 6.07) is 16.2. The molecule has 0 aliphatic heterocycles. The largest absolute Gasteiger partial charge is 0.466 e. The van der Waals surface area contributed by atoms with E-state index in [-0.39, 0.29) is 11.9 Å². The molecule has 2 heterocycles. The molecule has 5 heteroatoms. The Morgan fingerprint density at radius 1 is 1.17 bits per heavy atom. The minimum Gasteiger partial charge on any atom is -0.466 e. The summed E-state index contributed by atoms with van der Waals surface area (Å²) >= 11 is 1.69. The molecule has 0 fully saturated rings. The lowest BCUT2D eigenvalue weighted by molar-refractivity contribution is -0.147. The van der Waals surface area contributed by atoms with Crippen LogP contribution in [-0.2, 0) is 16.0 Å². The zero-order valence-corrected chi connectivity index (χ0v) is 17.1. The summed E-state index contributed by atoms with van der Waals surface area (Å²) in [5.74, 6) is -0.350. The molecule has 0 amide bonds. The van der Waals surface area contributed by atoms with Crippen LogP contribution in [0.15, 0.2) is 54.9 Å². The van der Waals surface area contributed by atoms with Gasteiger partial charge in [0.2, 0.25) is 0 Å². The molecule has 0 N–H and O–H groups in total. The van der Waals surface area contributed by atoms with Gasteiger partial charge in [-0.15, -0.1) is 11.3 Å². The lowest BCUT2D eigenvalue weighted by Gasteiger charge is -2.09. The number of hydrogen-bond donors (Lipinski definition) is 0. The zero-order valence-electron chi connectivity index (χ0n) is 16.3. The van der Waals surface area contributed by atoms with E-state index in [1.54, 1.807) is 11.3 Å². The molecule has 2 aromatic heterocycles. The second-order valence-electron chi connectivity index (χ2n) is 6.99. The predicted molar refractivity (Wildman–Crippen MR) is 117 cm³/mol. The number of nitrogens with zero attached hydrogens (tertiary/aromatic N) is 2. The Bertz CT molecular complexity index is 1250. The first-order chi connectivity index (χ1) is 14.1. The van der Waals surface area contributed by atoms with Crippen molar-refractivity contribution in [3.8, 4) is 17.2 Å². The van der Waals surface area contributed by atoms with Gasteiger partial charge in [-0.1, -0.05) is 37.3 Å². The van der Waals surface area contributed by atoms with Crippen LogP contribution in [-0.4, -0.2) is 17.6 Å². The zero-order chi connectivity index (χ0) is 20.4. The number of hydrogen-bond acceptors (Lipinski definition) is 5. The van der Waals surface area contributed by atoms with E-state index in [9.17, 15) is 10.1 Å². The van der Waals surface area contributed by atoms with Crippen molar-refractivity contribution in [2.45, 2.75) is 20.3 Å². The van der Waals surface area contributed by atoms with E-state index in [1.807, 2.05) is 62.6 Å². The van der Waals surface area contributed by atoms with Crippen LogP contribution in [0.4, 0.5) is 0 Å². The van der Waals surface area contributed by atoms with Crippen LogP contribution >= 0.6 is 11.3 Å². The average Bonchev–Trinajstić information content (AvgIpc) is 3.15. The number of esters is 1. The predicted octanol–water partition coefficient (Wildman–Crippen LogP) is 5.73. The molecule has 0 aliphatic carbocycles. The molecule has 1 unspecified atom stereocenters. The van der Waals surface area contributed by atoms with Crippen molar-refractivity contribution in [2.24, 2.45) is 5.92 Å². The summed E-state index contributed by atoms with van der Waals surface area (Å²) in [6.07, 6.45) is 4.39. The quantitative estimate of drug-likeness (QED) is 0.401. The number of carbonyl (C=O) groups excluding carboxylic acids is 1. The molecule has 0 saturated heterocycles. The van der Waals surface area contributed by atoms with Crippen molar-refractivity contribution in [1.82, 2.24) is 4.98 Å². The highest BCUT2D eigenvalue weighted by Gasteiger charge is 2.18. The summed E-state index contributed by atoms with van der Waals surface area (Å²) in [7, 11) is 0. The Kier molecular flexibility index (Phi) is 5.28. The van der Waals surface area contributed by atoms with E-state index in [0.29, 0.717) is 18.6 Å². The summed E-state index contributed by atoms with van der Waals surface area (Å²) in [5.41, 5.74) is 2.77. The Morgan fingerprint density at radius 3 is 2.72 bits per heavy atom. The molecule has 4 nitrogen and oxygen atoms in total. The third-order valence-electron chi connectivity index (χ3n) is 5.00. The van der Waals surface area contributed by atoms with Crippen molar-refractivity contribution in [1.29, 1.82) is 5.26 Å². The maximum atomic E-state index is 12.0. The molecule has 2 aromatic carbocycles. The van der Waals surface area contributed by atoms with Gasteiger partial charge in [-0.25, -0.2) is 0 Å². The van der Waals surface area contributed by atoms with Gasteiger partial charge in [0.25, 0.3) is 0 Å². The SMILES string of the molecule is CCOC(=O)C(C)Cc1cc2cncc(-c3ccc(C#N)c4ccccc34)c2s1. The number of thiophene rings is 1. The van der Waals surface area contributed by atoms with Crippen LogP contribution < -0.4 is 0 Å². The normalized spacial score (nSPS) is 12.0. The molecular formula is C24H20N2O2S. The summed E-state index contributed by atoms with van der Waals surface area (Å²) in [5, 5.41) is 12.5. The second-order valence-corrected chi connectivity index (χ2v) is 8.13. The van der Waals surface area contributed by atoms with Gasteiger partial charge in [0.15, 0.2) is 0 Å². The standard InChI is InChI=1S/C24H20N2O2S/c1-3-28-24(27)15(2)10-18-11-17-13-26-14-22(23(17)29-18)21-9-8-16(12-25)19-6-4-5-7-20(19)21/h4-9,11,13-15H,3,10H2,1-2H3. The van der Waals surface area contributed by atoms with Crippen LogP contribution in [0.5, 0.6) is 0 Å². The summed E-state index contributed by atoms with van der Waals surface area (Å²) in [4.78, 5) is 17.6. The fourth-order valence-corrected chi connectivity index (χ4v) is 4.89. The Morgan fingerprint density at radius 2 is 1.97 bits per heavy atom. The highest BCUT2D eigenvalue weighted by atomic mass is 32.1. The lowest BCUT2D eigenvalue weighted by Crippen LogP contribution is -2.16. The van der Waals surface area contributed by atoms with Gasteiger partial charge in [0, 0.05) is 38.3 Å². The van der Waals surface area contributed by atoms with Gasteiger partial charge < -0.3 is 4.74 Å². The van der Waals surface area contributed by atoms with Crippen LogP contribution in [0.25, 0.3) is 32.0 Å². The third kappa shape index (κ3) is 3.59. The van der Waals surface area contributed by atoms with E-state index >= 15 is 0 Å². The van der Waals surface area contributed by atoms with E-state index in [1.165, 1.54) is 0 Å². The topological polar surface area (TPSA) is 63.0 Å².